The van der Waals surface area contributed by atoms with Crippen molar-refractivity contribution >= 4 is 39.8 Å². The van der Waals surface area contributed by atoms with Gasteiger partial charge in [-0.15, -0.1) is 11.3 Å². The van der Waals surface area contributed by atoms with Gasteiger partial charge < -0.3 is 20.1 Å². The maximum atomic E-state index is 14.2. The lowest BCUT2D eigenvalue weighted by molar-refractivity contribution is -0.305. The first-order chi connectivity index (χ1) is 14.5. The maximum absolute atomic E-state index is 14.2. The molecule has 12 heteroatoms. The van der Waals surface area contributed by atoms with E-state index >= 15 is 0 Å². The van der Waals surface area contributed by atoms with E-state index in [-0.39, 0.29) is 22.6 Å². The third-order valence-electron chi connectivity index (χ3n) is 4.03. The number of alkyl halides is 4. The number of rotatable bonds is 7. The normalized spacial score (nSPS) is 13.3. The van der Waals surface area contributed by atoms with Crippen LogP contribution in [0.25, 0.3) is 0 Å². The van der Waals surface area contributed by atoms with Crippen LogP contribution < -0.4 is 10.6 Å². The second-order valence-electron chi connectivity index (χ2n) is 6.05. The SMILES string of the molecule is CCOC(=O)c1c(NC(=O)C(F)(OC)C(F)(F)F)sc(C(=O)Nc2ccccc2)c1C. The predicted octanol–water partition coefficient (Wildman–Crippen LogP) is 4.30. The Hall–Kier alpha value is -2.99. The molecule has 0 aliphatic heterocycles. The molecule has 1 heterocycles. The van der Waals surface area contributed by atoms with Gasteiger partial charge in [0.25, 0.3) is 5.91 Å². The molecule has 31 heavy (non-hydrogen) atoms. The summed E-state index contributed by atoms with van der Waals surface area (Å²) < 4.78 is 61.7. The number of hydrogen-bond acceptors (Lipinski definition) is 6. The van der Waals surface area contributed by atoms with Crippen molar-refractivity contribution in [2.75, 3.05) is 24.4 Å². The molecule has 1 aromatic heterocycles. The summed E-state index contributed by atoms with van der Waals surface area (Å²) in [4.78, 5) is 36.9. The minimum atomic E-state index is -5.68. The van der Waals surface area contributed by atoms with Gasteiger partial charge in [0.05, 0.1) is 17.0 Å². The van der Waals surface area contributed by atoms with Crippen LogP contribution in [0, 0.1) is 6.92 Å². The Bertz CT molecular complexity index is 978. The Morgan fingerprint density at radius 2 is 1.68 bits per heavy atom. The van der Waals surface area contributed by atoms with Crippen LogP contribution in [0.2, 0.25) is 0 Å². The summed E-state index contributed by atoms with van der Waals surface area (Å²) in [5, 5.41) is 3.78. The van der Waals surface area contributed by atoms with Crippen molar-refractivity contribution in [3.63, 3.8) is 0 Å². The third kappa shape index (κ3) is 5.02. The quantitative estimate of drug-likeness (QED) is 0.473. The van der Waals surface area contributed by atoms with E-state index in [0.29, 0.717) is 24.1 Å². The fraction of sp³-hybridized carbons (Fsp3) is 0.316. The molecule has 1 atom stereocenters. The van der Waals surface area contributed by atoms with Crippen molar-refractivity contribution in [1.82, 2.24) is 0 Å². The number of ether oxygens (including phenoxy) is 2. The van der Waals surface area contributed by atoms with Crippen LogP contribution in [0.15, 0.2) is 30.3 Å². The second kappa shape index (κ2) is 9.43. The first-order valence-electron chi connectivity index (χ1n) is 8.75. The summed E-state index contributed by atoms with van der Waals surface area (Å²) >= 11 is 0.499. The van der Waals surface area contributed by atoms with Crippen LogP contribution >= 0.6 is 11.3 Å². The third-order valence-corrected chi connectivity index (χ3v) is 5.24. The summed E-state index contributed by atoms with van der Waals surface area (Å²) in [7, 11) is 0.373. The molecule has 0 aliphatic rings. The second-order valence-corrected chi connectivity index (χ2v) is 7.07. The number of amides is 2. The molecule has 7 nitrogen and oxygen atoms in total. The number of benzene rings is 1. The van der Waals surface area contributed by atoms with Crippen LogP contribution in [-0.4, -0.2) is 43.5 Å². The standard InChI is InChI=1S/C19H18F4N2O5S/c1-4-30-16(27)12-10(2)13(14(26)24-11-8-6-5-7-9-11)31-15(12)25-17(28)18(20,29-3)19(21,22)23/h5-9H,4H2,1-3H3,(H,24,26)(H,25,28). The first kappa shape index (κ1) is 24.3. The highest BCUT2D eigenvalue weighted by molar-refractivity contribution is 7.19. The van der Waals surface area contributed by atoms with Crippen LogP contribution in [0.1, 0.15) is 32.5 Å². The average Bonchev–Trinajstić information content (AvgIpc) is 3.03. The van der Waals surface area contributed by atoms with Crippen molar-refractivity contribution in [2.45, 2.75) is 25.9 Å². The molecule has 0 radical (unpaired) electrons. The lowest BCUT2D eigenvalue weighted by Gasteiger charge is -2.24. The van der Waals surface area contributed by atoms with Crippen LogP contribution in [0.3, 0.4) is 0 Å². The molecule has 2 aromatic rings. The molecule has 1 aromatic carbocycles. The molecule has 1 unspecified atom stereocenters. The van der Waals surface area contributed by atoms with Gasteiger partial charge in [-0.05, 0) is 31.5 Å². The molecule has 0 bridgehead atoms. The number of halogens is 4. The zero-order valence-corrected chi connectivity index (χ0v) is 17.4. The van der Waals surface area contributed by atoms with E-state index in [1.165, 1.54) is 13.8 Å². The van der Waals surface area contributed by atoms with Crippen molar-refractivity contribution in [1.29, 1.82) is 0 Å². The highest BCUT2D eigenvalue weighted by Gasteiger charge is 2.63. The largest absolute Gasteiger partial charge is 0.462 e. The number of anilines is 2. The molecular weight excluding hydrogens is 444 g/mol. The topological polar surface area (TPSA) is 93.7 Å². The maximum Gasteiger partial charge on any atom is 0.458 e. The van der Waals surface area contributed by atoms with Crippen molar-refractivity contribution < 1.29 is 41.4 Å². The van der Waals surface area contributed by atoms with E-state index in [1.807, 2.05) is 0 Å². The summed E-state index contributed by atoms with van der Waals surface area (Å²) in [5.41, 5.74) is 0.0999. The van der Waals surface area contributed by atoms with E-state index in [1.54, 1.807) is 35.6 Å². The zero-order chi connectivity index (χ0) is 23.4. The van der Waals surface area contributed by atoms with Crippen LogP contribution in [0.5, 0.6) is 0 Å². The molecule has 2 amide bonds. The minimum absolute atomic E-state index is 0.0427. The molecule has 0 aliphatic carbocycles. The van der Waals surface area contributed by atoms with Gasteiger partial charge >= 0.3 is 23.9 Å². The fourth-order valence-corrected chi connectivity index (χ4v) is 3.58. The van der Waals surface area contributed by atoms with E-state index < -0.39 is 34.8 Å². The molecule has 168 valence electrons. The molecule has 0 spiro atoms. The summed E-state index contributed by atoms with van der Waals surface area (Å²) in [6.07, 6.45) is -5.68. The van der Waals surface area contributed by atoms with Gasteiger partial charge in [-0.1, -0.05) is 18.2 Å². The van der Waals surface area contributed by atoms with E-state index in [0.717, 1.165) is 0 Å². The number of hydrogen-bond donors (Lipinski definition) is 2. The number of carbonyl (C=O) groups is 3. The average molecular weight is 462 g/mol. The van der Waals surface area contributed by atoms with E-state index in [9.17, 15) is 31.9 Å². The number of para-hydroxylation sites is 1. The lowest BCUT2D eigenvalue weighted by atomic mass is 10.1. The number of thiophene rings is 1. The van der Waals surface area contributed by atoms with Gasteiger partial charge in [0, 0.05) is 12.8 Å². The zero-order valence-electron chi connectivity index (χ0n) is 16.6. The van der Waals surface area contributed by atoms with Gasteiger partial charge in [0.1, 0.15) is 5.00 Å². The van der Waals surface area contributed by atoms with Crippen molar-refractivity contribution in [3.05, 3.63) is 46.3 Å². The molecule has 0 fully saturated rings. The Morgan fingerprint density at radius 1 is 1.06 bits per heavy atom. The summed E-state index contributed by atoms with van der Waals surface area (Å²) in [5.74, 6) is -8.55. The Balaban J connectivity index is 2.46. The van der Waals surface area contributed by atoms with Gasteiger partial charge in [0.15, 0.2) is 0 Å². The number of carbonyl (C=O) groups excluding carboxylic acids is 3. The van der Waals surface area contributed by atoms with E-state index in [2.05, 4.69) is 10.1 Å². The smallest absolute Gasteiger partial charge is 0.458 e. The van der Waals surface area contributed by atoms with Crippen molar-refractivity contribution in [2.24, 2.45) is 0 Å². The summed E-state index contributed by atoms with van der Waals surface area (Å²) in [6, 6.07) is 8.23. The Morgan fingerprint density at radius 3 is 2.19 bits per heavy atom. The Kier molecular flexibility index (Phi) is 7.39. The fourth-order valence-electron chi connectivity index (χ4n) is 2.50. The summed E-state index contributed by atoms with van der Waals surface area (Å²) in [6.45, 7) is 2.75. The highest BCUT2D eigenvalue weighted by atomic mass is 32.1. The highest BCUT2D eigenvalue weighted by Crippen LogP contribution is 2.39. The molecule has 2 N–H and O–H groups in total. The number of esters is 1. The van der Waals surface area contributed by atoms with Crippen LogP contribution in [0.4, 0.5) is 28.3 Å². The van der Waals surface area contributed by atoms with Gasteiger partial charge in [-0.25, -0.2) is 4.79 Å². The van der Waals surface area contributed by atoms with Crippen molar-refractivity contribution in [3.8, 4) is 0 Å². The first-order valence-corrected chi connectivity index (χ1v) is 9.57. The molecule has 0 saturated heterocycles. The Labute approximate surface area is 178 Å². The minimum Gasteiger partial charge on any atom is -0.462 e. The van der Waals surface area contributed by atoms with Gasteiger partial charge in [-0.2, -0.15) is 17.6 Å². The van der Waals surface area contributed by atoms with E-state index in [4.69, 9.17) is 4.74 Å². The van der Waals surface area contributed by atoms with Crippen LogP contribution in [-0.2, 0) is 14.3 Å². The number of nitrogens with one attached hydrogen (secondary N) is 2. The van der Waals surface area contributed by atoms with Gasteiger partial charge in [0.2, 0.25) is 0 Å². The molecule has 2 rings (SSSR count). The number of methoxy groups -OCH3 is 1. The predicted molar refractivity (Wildman–Crippen MR) is 105 cm³/mol. The molecular formula is C19H18F4N2O5S. The monoisotopic (exact) mass is 462 g/mol. The van der Waals surface area contributed by atoms with Gasteiger partial charge in [-0.3, -0.25) is 9.59 Å². The molecule has 0 saturated carbocycles. The lowest BCUT2D eigenvalue weighted by Crippen LogP contribution is -2.52.